The largest absolute Gasteiger partial charge is 0.496 e. The van der Waals surface area contributed by atoms with Crippen molar-refractivity contribution in [3.8, 4) is 5.75 Å². The third-order valence-electron chi connectivity index (χ3n) is 3.46. The first-order valence-corrected chi connectivity index (χ1v) is 8.99. The molecule has 0 heterocycles. The van der Waals surface area contributed by atoms with E-state index in [1.165, 1.54) is 17.5 Å². The molecular weight excluding hydrogens is 356 g/mol. The van der Waals surface area contributed by atoms with Crippen LogP contribution in [-0.4, -0.2) is 39.5 Å². The number of sulfonamides is 1. The van der Waals surface area contributed by atoms with Crippen molar-refractivity contribution in [2.24, 2.45) is 11.7 Å². The second-order valence-electron chi connectivity index (χ2n) is 5.32. The Morgan fingerprint density at radius 2 is 2.00 bits per heavy atom. The first-order chi connectivity index (χ1) is 9.70. The zero-order valence-electron chi connectivity index (χ0n) is 12.8. The average molecular weight is 379 g/mol. The van der Waals surface area contributed by atoms with Crippen molar-refractivity contribution in [3.05, 3.63) is 22.7 Å². The van der Waals surface area contributed by atoms with Gasteiger partial charge in [-0.15, -0.1) is 0 Å². The number of ether oxygens (including phenoxy) is 1. The van der Waals surface area contributed by atoms with Crippen LogP contribution in [0.2, 0.25) is 0 Å². The number of nitrogens with two attached hydrogens (primary N) is 1. The molecule has 1 rings (SSSR count). The van der Waals surface area contributed by atoms with Gasteiger partial charge in [-0.25, -0.2) is 12.7 Å². The molecule has 0 saturated carbocycles. The summed E-state index contributed by atoms with van der Waals surface area (Å²) in [5, 5.41) is 0. The van der Waals surface area contributed by atoms with E-state index in [9.17, 15) is 8.42 Å². The van der Waals surface area contributed by atoms with Gasteiger partial charge in [0, 0.05) is 25.7 Å². The Morgan fingerprint density at radius 3 is 2.52 bits per heavy atom. The molecular formula is C14H23BrN2O3S. The molecule has 120 valence electrons. The molecule has 0 aromatic heterocycles. The van der Waals surface area contributed by atoms with E-state index in [0.717, 1.165) is 0 Å². The molecule has 0 bridgehead atoms. The minimum Gasteiger partial charge on any atom is -0.496 e. The lowest BCUT2D eigenvalue weighted by atomic mass is 10.0. The summed E-state index contributed by atoms with van der Waals surface area (Å²) >= 11 is 3.31. The predicted octanol–water partition coefficient (Wildman–Crippen LogP) is 2.45. The van der Waals surface area contributed by atoms with Gasteiger partial charge in [-0.2, -0.15) is 0 Å². The van der Waals surface area contributed by atoms with Gasteiger partial charge in [0.25, 0.3) is 0 Å². The molecule has 0 aliphatic rings. The summed E-state index contributed by atoms with van der Waals surface area (Å²) in [6.07, 6.45) is 0.626. The Bertz CT molecular complexity index is 576. The van der Waals surface area contributed by atoms with Gasteiger partial charge >= 0.3 is 0 Å². The smallest absolute Gasteiger partial charge is 0.242 e. The number of nitrogens with zero attached hydrogens (tertiary/aromatic N) is 1. The first-order valence-electron chi connectivity index (χ1n) is 6.75. The van der Waals surface area contributed by atoms with Crippen LogP contribution in [0.5, 0.6) is 5.75 Å². The van der Waals surface area contributed by atoms with Crippen LogP contribution in [-0.2, 0) is 10.0 Å². The van der Waals surface area contributed by atoms with Crippen LogP contribution in [0.3, 0.4) is 0 Å². The molecule has 21 heavy (non-hydrogen) atoms. The number of hydrogen-bond acceptors (Lipinski definition) is 4. The molecule has 0 aliphatic heterocycles. The summed E-state index contributed by atoms with van der Waals surface area (Å²) in [6.45, 7) is 4.44. The van der Waals surface area contributed by atoms with Crippen molar-refractivity contribution in [1.82, 2.24) is 4.31 Å². The van der Waals surface area contributed by atoms with E-state index < -0.39 is 10.0 Å². The highest BCUT2D eigenvalue weighted by Gasteiger charge is 2.22. The minimum atomic E-state index is -3.53. The van der Waals surface area contributed by atoms with Crippen LogP contribution < -0.4 is 10.5 Å². The zero-order valence-corrected chi connectivity index (χ0v) is 15.2. The maximum absolute atomic E-state index is 12.5. The molecule has 1 aromatic carbocycles. The van der Waals surface area contributed by atoms with Gasteiger partial charge < -0.3 is 10.5 Å². The quantitative estimate of drug-likeness (QED) is 0.790. The number of halogens is 1. The second-order valence-corrected chi connectivity index (χ2v) is 8.22. The van der Waals surface area contributed by atoms with Gasteiger partial charge in [-0.05, 0) is 40.4 Å². The number of benzene rings is 1. The topological polar surface area (TPSA) is 72.6 Å². The molecule has 0 fully saturated rings. The molecule has 0 spiro atoms. The molecule has 0 amide bonds. The van der Waals surface area contributed by atoms with E-state index in [0.29, 0.717) is 29.1 Å². The van der Waals surface area contributed by atoms with Crippen LogP contribution in [0.25, 0.3) is 0 Å². The van der Waals surface area contributed by atoms with Gasteiger partial charge in [0.05, 0.1) is 16.5 Å². The number of rotatable bonds is 7. The molecule has 0 saturated heterocycles. The number of methoxy groups -OCH3 is 1. The van der Waals surface area contributed by atoms with Gasteiger partial charge in [-0.1, -0.05) is 13.8 Å². The molecule has 2 N–H and O–H groups in total. The van der Waals surface area contributed by atoms with Gasteiger partial charge in [0.1, 0.15) is 5.75 Å². The zero-order chi connectivity index (χ0) is 16.2. The third kappa shape index (κ3) is 4.67. The molecule has 0 radical (unpaired) electrons. The fraction of sp³-hybridized carbons (Fsp3) is 0.571. The van der Waals surface area contributed by atoms with E-state index in [2.05, 4.69) is 15.9 Å². The standard InChI is InChI=1S/C14H23BrN2O3S/c1-10(2)13(16)7-8-17(3)21(18,19)11-5-6-12(15)14(9-11)20-4/h5-6,9-10,13H,7-8,16H2,1-4H3. The van der Waals surface area contributed by atoms with E-state index in [-0.39, 0.29) is 10.9 Å². The lowest BCUT2D eigenvalue weighted by Crippen LogP contribution is -2.34. The molecule has 1 unspecified atom stereocenters. The maximum Gasteiger partial charge on any atom is 0.242 e. The summed E-state index contributed by atoms with van der Waals surface area (Å²) in [5.74, 6) is 0.817. The summed E-state index contributed by atoms with van der Waals surface area (Å²) in [6, 6.07) is 4.72. The van der Waals surface area contributed by atoms with Crippen LogP contribution in [0.15, 0.2) is 27.6 Å². The Balaban J connectivity index is 2.89. The van der Waals surface area contributed by atoms with Crippen LogP contribution >= 0.6 is 15.9 Å². The van der Waals surface area contributed by atoms with Gasteiger partial charge in [-0.3, -0.25) is 0 Å². The van der Waals surface area contributed by atoms with Crippen LogP contribution in [0.1, 0.15) is 20.3 Å². The first kappa shape index (κ1) is 18.4. The fourth-order valence-electron chi connectivity index (χ4n) is 1.76. The highest BCUT2D eigenvalue weighted by molar-refractivity contribution is 9.10. The lowest BCUT2D eigenvalue weighted by molar-refractivity contribution is 0.396. The Morgan fingerprint density at radius 1 is 1.38 bits per heavy atom. The van der Waals surface area contributed by atoms with Crippen molar-refractivity contribution < 1.29 is 13.2 Å². The molecule has 5 nitrogen and oxygen atoms in total. The SMILES string of the molecule is COc1cc(S(=O)(=O)N(C)CCC(N)C(C)C)ccc1Br. The Hall–Kier alpha value is -0.630. The van der Waals surface area contributed by atoms with Gasteiger partial charge in [0.2, 0.25) is 10.0 Å². The average Bonchev–Trinajstić information content (AvgIpc) is 2.44. The van der Waals surface area contributed by atoms with Crippen LogP contribution in [0.4, 0.5) is 0 Å². The summed E-state index contributed by atoms with van der Waals surface area (Å²) < 4.78 is 32.2. The van der Waals surface area contributed by atoms with Crippen molar-refractivity contribution in [2.75, 3.05) is 20.7 Å². The van der Waals surface area contributed by atoms with Crippen molar-refractivity contribution in [3.63, 3.8) is 0 Å². The van der Waals surface area contributed by atoms with E-state index in [1.807, 2.05) is 13.8 Å². The number of hydrogen-bond donors (Lipinski definition) is 1. The van der Waals surface area contributed by atoms with Crippen LogP contribution in [0, 0.1) is 5.92 Å². The Kier molecular flexibility index (Phi) is 6.65. The molecule has 1 atom stereocenters. The van der Waals surface area contributed by atoms with Gasteiger partial charge in [0.15, 0.2) is 0 Å². The lowest BCUT2D eigenvalue weighted by Gasteiger charge is -2.21. The van der Waals surface area contributed by atoms with Crippen molar-refractivity contribution in [1.29, 1.82) is 0 Å². The minimum absolute atomic E-state index is 0.0119. The second kappa shape index (κ2) is 7.58. The van der Waals surface area contributed by atoms with Crippen molar-refractivity contribution >= 4 is 26.0 Å². The summed E-state index contributed by atoms with van der Waals surface area (Å²) in [4.78, 5) is 0.211. The highest BCUT2D eigenvalue weighted by atomic mass is 79.9. The maximum atomic E-state index is 12.5. The van der Waals surface area contributed by atoms with E-state index in [4.69, 9.17) is 10.5 Å². The third-order valence-corrected chi connectivity index (χ3v) is 5.97. The Labute approximate surface area is 135 Å². The normalized spacial score (nSPS) is 13.7. The summed E-state index contributed by atoms with van der Waals surface area (Å²) in [5.41, 5.74) is 5.96. The molecule has 7 heteroatoms. The van der Waals surface area contributed by atoms with E-state index in [1.54, 1.807) is 19.2 Å². The predicted molar refractivity (Wildman–Crippen MR) is 87.9 cm³/mol. The monoisotopic (exact) mass is 378 g/mol. The molecule has 0 aliphatic carbocycles. The molecule has 1 aromatic rings. The fourth-order valence-corrected chi connectivity index (χ4v) is 3.38. The van der Waals surface area contributed by atoms with E-state index >= 15 is 0 Å². The summed E-state index contributed by atoms with van der Waals surface area (Å²) in [7, 11) is -0.465. The van der Waals surface area contributed by atoms with Crippen molar-refractivity contribution in [2.45, 2.75) is 31.2 Å². The highest BCUT2D eigenvalue weighted by Crippen LogP contribution is 2.28.